The molecule has 0 aliphatic carbocycles. The maximum atomic E-state index is 10.9. The van der Waals surface area contributed by atoms with Crippen molar-refractivity contribution in [1.82, 2.24) is 9.97 Å². The highest BCUT2D eigenvalue weighted by Crippen LogP contribution is 2.21. The van der Waals surface area contributed by atoms with Gasteiger partial charge in [0.25, 0.3) is 0 Å². The van der Waals surface area contributed by atoms with Crippen LogP contribution in [0.4, 0.5) is 0 Å². The first-order chi connectivity index (χ1) is 8.70. The van der Waals surface area contributed by atoms with Crippen LogP contribution in [0.15, 0.2) is 30.3 Å². The summed E-state index contributed by atoms with van der Waals surface area (Å²) in [6.07, 6.45) is 0.599. The smallest absolute Gasteiger partial charge is 0.229 e. The molecule has 0 N–H and O–H groups in total. The highest BCUT2D eigenvalue weighted by Gasteiger charge is 2.12. The molecule has 0 saturated heterocycles. The zero-order valence-corrected chi connectivity index (χ0v) is 10.5. The summed E-state index contributed by atoms with van der Waals surface area (Å²) in [6.45, 7) is 2.02. The number of halogens is 1. The molecule has 0 spiro atoms. The number of carbonyl (C=O) groups is 1. The molecule has 0 aliphatic rings. The van der Waals surface area contributed by atoms with Crippen LogP contribution < -0.4 is 4.74 Å². The first kappa shape index (κ1) is 12.5. The van der Waals surface area contributed by atoms with Crippen LogP contribution in [0.5, 0.6) is 5.88 Å². The summed E-state index contributed by atoms with van der Waals surface area (Å²) in [7, 11) is 0. The van der Waals surface area contributed by atoms with Gasteiger partial charge in [0.15, 0.2) is 6.29 Å². The Labute approximate surface area is 110 Å². The quantitative estimate of drug-likeness (QED) is 0.628. The number of benzene rings is 1. The van der Waals surface area contributed by atoms with Gasteiger partial charge < -0.3 is 4.74 Å². The Morgan fingerprint density at radius 1 is 1.28 bits per heavy atom. The first-order valence-corrected chi connectivity index (χ1v) is 5.74. The van der Waals surface area contributed by atoms with Gasteiger partial charge in [0, 0.05) is 0 Å². The lowest BCUT2D eigenvalue weighted by Crippen LogP contribution is -2.04. The van der Waals surface area contributed by atoms with E-state index in [4.69, 9.17) is 16.3 Å². The minimum Gasteiger partial charge on any atom is -0.472 e. The fourth-order valence-corrected chi connectivity index (χ4v) is 1.71. The molecule has 2 rings (SSSR count). The van der Waals surface area contributed by atoms with E-state index in [1.54, 1.807) is 6.92 Å². The fraction of sp³-hybridized carbons (Fsp3) is 0.154. The molecular formula is C13H11ClN2O2. The van der Waals surface area contributed by atoms with E-state index < -0.39 is 0 Å². The Hall–Kier alpha value is -1.94. The van der Waals surface area contributed by atoms with Crippen molar-refractivity contribution in [2.45, 2.75) is 13.5 Å². The van der Waals surface area contributed by atoms with Gasteiger partial charge in [-0.1, -0.05) is 41.9 Å². The minimum absolute atomic E-state index is 0.112. The van der Waals surface area contributed by atoms with Gasteiger partial charge in [0.05, 0.1) is 0 Å². The van der Waals surface area contributed by atoms with Gasteiger partial charge in [-0.05, 0) is 12.5 Å². The largest absolute Gasteiger partial charge is 0.472 e. The summed E-state index contributed by atoms with van der Waals surface area (Å²) in [5.41, 5.74) is 1.17. The van der Waals surface area contributed by atoms with Gasteiger partial charge in [0.1, 0.15) is 23.1 Å². The summed E-state index contributed by atoms with van der Waals surface area (Å²) in [6, 6.07) is 9.60. The van der Waals surface area contributed by atoms with Crippen molar-refractivity contribution in [3.63, 3.8) is 0 Å². The van der Waals surface area contributed by atoms with Crippen LogP contribution in [0.2, 0.25) is 5.15 Å². The van der Waals surface area contributed by atoms with Crippen molar-refractivity contribution in [3.05, 3.63) is 52.4 Å². The van der Waals surface area contributed by atoms with Crippen molar-refractivity contribution in [1.29, 1.82) is 0 Å². The monoisotopic (exact) mass is 262 g/mol. The van der Waals surface area contributed by atoms with Crippen molar-refractivity contribution in [2.24, 2.45) is 0 Å². The molecule has 0 unspecified atom stereocenters. The van der Waals surface area contributed by atoms with Crippen LogP contribution >= 0.6 is 11.6 Å². The standard InChI is InChI=1S/C13H11ClN2O2/c1-9-15-12(14)11(7-17)13(16-9)18-8-10-5-3-2-4-6-10/h2-7H,8H2,1H3. The second kappa shape index (κ2) is 5.60. The van der Waals surface area contributed by atoms with E-state index in [1.165, 1.54) is 0 Å². The van der Waals surface area contributed by atoms with E-state index in [1.807, 2.05) is 30.3 Å². The molecule has 0 atom stereocenters. The molecule has 0 amide bonds. The van der Waals surface area contributed by atoms with Crippen LogP contribution in [0.1, 0.15) is 21.7 Å². The van der Waals surface area contributed by atoms with Gasteiger partial charge in [-0.3, -0.25) is 4.79 Å². The zero-order valence-electron chi connectivity index (χ0n) is 9.76. The summed E-state index contributed by atoms with van der Waals surface area (Å²) in [5, 5.41) is 0.112. The van der Waals surface area contributed by atoms with Crippen molar-refractivity contribution in [2.75, 3.05) is 0 Å². The van der Waals surface area contributed by atoms with Gasteiger partial charge in [0.2, 0.25) is 5.88 Å². The second-order valence-corrected chi connectivity index (χ2v) is 4.03. The van der Waals surface area contributed by atoms with E-state index in [-0.39, 0.29) is 16.6 Å². The lowest BCUT2D eigenvalue weighted by Gasteiger charge is -2.08. The van der Waals surface area contributed by atoms with Crippen LogP contribution in [0.25, 0.3) is 0 Å². The Morgan fingerprint density at radius 3 is 2.67 bits per heavy atom. The highest BCUT2D eigenvalue weighted by molar-refractivity contribution is 6.32. The zero-order chi connectivity index (χ0) is 13.0. The highest BCUT2D eigenvalue weighted by atomic mass is 35.5. The van der Waals surface area contributed by atoms with Gasteiger partial charge >= 0.3 is 0 Å². The van der Waals surface area contributed by atoms with Crippen molar-refractivity contribution >= 4 is 17.9 Å². The van der Waals surface area contributed by atoms with E-state index in [0.717, 1.165) is 5.56 Å². The SMILES string of the molecule is Cc1nc(Cl)c(C=O)c(OCc2ccccc2)n1. The number of aromatic nitrogens is 2. The number of hydrogen-bond donors (Lipinski definition) is 0. The van der Waals surface area contributed by atoms with Crippen LogP contribution in [-0.4, -0.2) is 16.3 Å². The maximum Gasteiger partial charge on any atom is 0.229 e. The van der Waals surface area contributed by atoms with Crippen LogP contribution in [0, 0.1) is 6.92 Å². The molecule has 0 bridgehead atoms. The molecule has 4 nitrogen and oxygen atoms in total. The van der Waals surface area contributed by atoms with E-state index in [0.29, 0.717) is 18.7 Å². The molecule has 1 aromatic carbocycles. The van der Waals surface area contributed by atoms with E-state index in [9.17, 15) is 4.79 Å². The second-order valence-electron chi connectivity index (χ2n) is 3.67. The molecule has 0 fully saturated rings. The number of hydrogen-bond acceptors (Lipinski definition) is 4. The van der Waals surface area contributed by atoms with Gasteiger partial charge in [-0.25, -0.2) is 4.98 Å². The fourth-order valence-electron chi connectivity index (χ4n) is 1.46. The van der Waals surface area contributed by atoms with Crippen molar-refractivity contribution in [3.8, 4) is 5.88 Å². The Morgan fingerprint density at radius 2 is 2.00 bits per heavy atom. The molecule has 0 radical (unpaired) electrons. The maximum absolute atomic E-state index is 10.9. The number of nitrogens with zero attached hydrogens (tertiary/aromatic N) is 2. The molecular weight excluding hydrogens is 252 g/mol. The Kier molecular flexibility index (Phi) is 3.89. The van der Waals surface area contributed by atoms with E-state index in [2.05, 4.69) is 9.97 Å². The normalized spacial score (nSPS) is 10.1. The summed E-state index contributed by atoms with van der Waals surface area (Å²) in [5.74, 6) is 0.681. The summed E-state index contributed by atoms with van der Waals surface area (Å²) in [4.78, 5) is 18.9. The molecule has 0 saturated carbocycles. The van der Waals surface area contributed by atoms with Crippen LogP contribution in [0.3, 0.4) is 0 Å². The third-order valence-corrected chi connectivity index (χ3v) is 2.60. The predicted octanol–water partition coefficient (Wildman–Crippen LogP) is 2.83. The average Bonchev–Trinajstić information content (AvgIpc) is 2.37. The summed E-state index contributed by atoms with van der Waals surface area (Å²) < 4.78 is 5.51. The molecule has 1 heterocycles. The average molecular weight is 263 g/mol. The number of ether oxygens (including phenoxy) is 1. The lowest BCUT2D eigenvalue weighted by atomic mass is 10.2. The Balaban J connectivity index is 2.21. The first-order valence-electron chi connectivity index (χ1n) is 5.36. The van der Waals surface area contributed by atoms with Crippen LogP contribution in [-0.2, 0) is 6.61 Å². The summed E-state index contributed by atoms with van der Waals surface area (Å²) >= 11 is 5.85. The predicted molar refractivity (Wildman–Crippen MR) is 67.9 cm³/mol. The van der Waals surface area contributed by atoms with E-state index >= 15 is 0 Å². The molecule has 1 aromatic heterocycles. The number of rotatable bonds is 4. The number of aldehydes is 1. The Bertz CT molecular complexity index is 558. The number of aryl methyl sites for hydroxylation is 1. The molecule has 18 heavy (non-hydrogen) atoms. The topological polar surface area (TPSA) is 52.1 Å². The lowest BCUT2D eigenvalue weighted by molar-refractivity contribution is 0.111. The molecule has 5 heteroatoms. The van der Waals surface area contributed by atoms with Gasteiger partial charge in [-0.2, -0.15) is 4.98 Å². The molecule has 0 aliphatic heterocycles. The third-order valence-electron chi connectivity index (χ3n) is 2.31. The number of carbonyl (C=O) groups excluding carboxylic acids is 1. The minimum atomic E-state index is 0.112. The molecule has 2 aromatic rings. The third kappa shape index (κ3) is 2.84. The molecule has 92 valence electrons. The van der Waals surface area contributed by atoms with Gasteiger partial charge in [-0.15, -0.1) is 0 Å². The van der Waals surface area contributed by atoms with Crippen molar-refractivity contribution < 1.29 is 9.53 Å².